The quantitative estimate of drug-likeness (QED) is 0.860. The lowest BCUT2D eigenvalue weighted by molar-refractivity contribution is 0.205. The summed E-state index contributed by atoms with van der Waals surface area (Å²) < 4.78 is 1.28. The van der Waals surface area contributed by atoms with E-state index in [4.69, 9.17) is 23.2 Å². The molecule has 1 saturated carbocycles. The van der Waals surface area contributed by atoms with Crippen molar-refractivity contribution in [2.24, 2.45) is 5.92 Å². The molecule has 1 aliphatic carbocycles. The van der Waals surface area contributed by atoms with Crippen LogP contribution in [0.1, 0.15) is 25.8 Å². The van der Waals surface area contributed by atoms with Crippen LogP contribution in [-0.4, -0.2) is 9.55 Å². The third kappa shape index (κ3) is 2.54. The summed E-state index contributed by atoms with van der Waals surface area (Å²) in [5, 5.41) is 0.564. The molecule has 1 aromatic heterocycles. The third-order valence-electron chi connectivity index (χ3n) is 3.91. The SMILES string of the molecule is CC1CC(n2c(=O)[nH]c(Cl)c(-c3cccc(Cl)c3)c2=O)C1. The number of halogens is 2. The normalized spacial score (nSPS) is 21.1. The second-order valence-corrected chi connectivity index (χ2v) is 6.35. The largest absolute Gasteiger partial charge is 0.329 e. The molecule has 0 unspecified atom stereocenters. The molecule has 3 rings (SSSR count). The van der Waals surface area contributed by atoms with Gasteiger partial charge in [-0.25, -0.2) is 4.79 Å². The lowest BCUT2D eigenvalue weighted by atomic mass is 9.81. The highest BCUT2D eigenvalue weighted by Gasteiger charge is 2.30. The van der Waals surface area contributed by atoms with Gasteiger partial charge in [0.25, 0.3) is 5.56 Å². The summed E-state index contributed by atoms with van der Waals surface area (Å²) in [6, 6.07) is 6.83. The van der Waals surface area contributed by atoms with Crippen LogP contribution in [0.2, 0.25) is 10.2 Å². The van der Waals surface area contributed by atoms with E-state index in [2.05, 4.69) is 11.9 Å². The molecule has 0 radical (unpaired) electrons. The summed E-state index contributed by atoms with van der Waals surface area (Å²) in [5.41, 5.74) is 0.0868. The summed E-state index contributed by atoms with van der Waals surface area (Å²) >= 11 is 12.0. The van der Waals surface area contributed by atoms with E-state index in [1.165, 1.54) is 4.57 Å². The zero-order valence-electron chi connectivity index (χ0n) is 11.4. The van der Waals surface area contributed by atoms with Gasteiger partial charge in [0.05, 0.1) is 5.56 Å². The fourth-order valence-corrected chi connectivity index (χ4v) is 3.28. The highest BCUT2D eigenvalue weighted by molar-refractivity contribution is 6.32. The van der Waals surface area contributed by atoms with Gasteiger partial charge in [-0.2, -0.15) is 0 Å². The van der Waals surface area contributed by atoms with Gasteiger partial charge in [0.1, 0.15) is 5.15 Å². The maximum atomic E-state index is 12.7. The Balaban J connectivity index is 2.20. The van der Waals surface area contributed by atoms with Gasteiger partial charge >= 0.3 is 5.69 Å². The Morgan fingerprint density at radius 2 is 1.95 bits per heavy atom. The van der Waals surface area contributed by atoms with E-state index in [-0.39, 0.29) is 16.8 Å². The van der Waals surface area contributed by atoms with Crippen LogP contribution in [-0.2, 0) is 0 Å². The fourth-order valence-electron chi connectivity index (χ4n) is 2.82. The van der Waals surface area contributed by atoms with E-state index in [9.17, 15) is 9.59 Å². The summed E-state index contributed by atoms with van der Waals surface area (Å²) in [7, 11) is 0. The van der Waals surface area contributed by atoms with Gasteiger partial charge in [-0.05, 0) is 36.5 Å². The Kier molecular flexibility index (Phi) is 3.68. The van der Waals surface area contributed by atoms with Gasteiger partial charge < -0.3 is 0 Å². The van der Waals surface area contributed by atoms with Crippen LogP contribution < -0.4 is 11.2 Å². The average molecular weight is 325 g/mol. The van der Waals surface area contributed by atoms with Crippen LogP contribution in [0.5, 0.6) is 0 Å². The Hall–Kier alpha value is -1.52. The summed E-state index contributed by atoms with van der Waals surface area (Å²) in [6.07, 6.45) is 1.67. The van der Waals surface area contributed by atoms with Gasteiger partial charge in [0, 0.05) is 11.1 Å². The number of hydrogen-bond donors (Lipinski definition) is 1. The number of H-pyrrole nitrogens is 1. The zero-order chi connectivity index (χ0) is 15.1. The topological polar surface area (TPSA) is 54.9 Å². The van der Waals surface area contributed by atoms with Crippen molar-refractivity contribution < 1.29 is 0 Å². The van der Waals surface area contributed by atoms with Crippen LogP contribution in [0.25, 0.3) is 11.1 Å². The highest BCUT2D eigenvalue weighted by Crippen LogP contribution is 2.36. The molecule has 1 heterocycles. The van der Waals surface area contributed by atoms with Gasteiger partial charge in [0.15, 0.2) is 0 Å². The first-order valence-electron chi connectivity index (χ1n) is 6.77. The smallest absolute Gasteiger partial charge is 0.297 e. The molecule has 1 N–H and O–H groups in total. The Labute approximate surface area is 131 Å². The fraction of sp³-hybridized carbons (Fsp3) is 0.333. The minimum Gasteiger partial charge on any atom is -0.297 e. The van der Waals surface area contributed by atoms with Crippen molar-refractivity contribution in [2.45, 2.75) is 25.8 Å². The van der Waals surface area contributed by atoms with Gasteiger partial charge in [0.2, 0.25) is 0 Å². The molecule has 0 aliphatic heterocycles. The molecule has 0 atom stereocenters. The van der Waals surface area contributed by atoms with Crippen molar-refractivity contribution in [3.8, 4) is 11.1 Å². The van der Waals surface area contributed by atoms with Crippen molar-refractivity contribution in [2.75, 3.05) is 0 Å². The zero-order valence-corrected chi connectivity index (χ0v) is 12.9. The first-order chi connectivity index (χ1) is 9.97. The Bertz CT molecular complexity index is 804. The van der Waals surface area contributed by atoms with Gasteiger partial charge in [-0.3, -0.25) is 14.3 Å². The second kappa shape index (κ2) is 5.35. The third-order valence-corrected chi connectivity index (χ3v) is 4.43. The molecular weight excluding hydrogens is 311 g/mol. The van der Waals surface area contributed by atoms with Crippen LogP contribution >= 0.6 is 23.2 Å². The Morgan fingerprint density at radius 1 is 1.24 bits per heavy atom. The van der Waals surface area contributed by atoms with Crippen molar-refractivity contribution in [1.29, 1.82) is 0 Å². The van der Waals surface area contributed by atoms with Crippen molar-refractivity contribution in [3.63, 3.8) is 0 Å². The number of nitrogens with one attached hydrogen (secondary N) is 1. The molecule has 0 spiro atoms. The number of hydrogen-bond acceptors (Lipinski definition) is 2. The predicted octanol–water partition coefficient (Wildman–Crippen LogP) is 3.48. The molecule has 6 heteroatoms. The molecule has 110 valence electrons. The van der Waals surface area contributed by atoms with Crippen molar-refractivity contribution in [3.05, 3.63) is 55.3 Å². The highest BCUT2D eigenvalue weighted by atomic mass is 35.5. The van der Waals surface area contributed by atoms with E-state index in [1.54, 1.807) is 24.3 Å². The maximum absolute atomic E-state index is 12.7. The lowest BCUT2D eigenvalue weighted by Gasteiger charge is -2.33. The van der Waals surface area contributed by atoms with E-state index >= 15 is 0 Å². The number of aromatic nitrogens is 2. The van der Waals surface area contributed by atoms with Crippen molar-refractivity contribution >= 4 is 23.2 Å². The molecule has 1 fully saturated rings. The number of nitrogens with zero attached hydrogens (tertiary/aromatic N) is 1. The molecule has 21 heavy (non-hydrogen) atoms. The Morgan fingerprint density at radius 3 is 2.57 bits per heavy atom. The molecule has 1 aromatic carbocycles. The average Bonchev–Trinajstić information content (AvgIpc) is 2.36. The lowest BCUT2D eigenvalue weighted by Crippen LogP contribution is -2.43. The molecule has 0 amide bonds. The van der Waals surface area contributed by atoms with Crippen LogP contribution in [0.4, 0.5) is 0 Å². The van der Waals surface area contributed by atoms with Crippen LogP contribution in [0, 0.1) is 5.92 Å². The first-order valence-corrected chi connectivity index (χ1v) is 7.53. The summed E-state index contributed by atoms with van der Waals surface area (Å²) in [4.78, 5) is 27.3. The molecule has 0 saturated heterocycles. The summed E-state index contributed by atoms with van der Waals surface area (Å²) in [6.45, 7) is 2.10. The summed E-state index contributed by atoms with van der Waals surface area (Å²) in [5.74, 6) is 0.534. The molecule has 2 aromatic rings. The predicted molar refractivity (Wildman–Crippen MR) is 84.2 cm³/mol. The standard InChI is InChI=1S/C15H14Cl2N2O2/c1-8-5-11(6-8)19-14(20)12(13(17)18-15(19)21)9-3-2-4-10(16)7-9/h2-4,7-8,11H,5-6H2,1H3,(H,18,21). The molecule has 4 nitrogen and oxygen atoms in total. The minimum absolute atomic E-state index is 0.0496. The number of rotatable bonds is 2. The maximum Gasteiger partial charge on any atom is 0.329 e. The van der Waals surface area contributed by atoms with E-state index < -0.39 is 5.69 Å². The monoisotopic (exact) mass is 324 g/mol. The van der Waals surface area contributed by atoms with Crippen LogP contribution in [0.3, 0.4) is 0 Å². The van der Waals surface area contributed by atoms with E-state index in [0.717, 1.165) is 12.8 Å². The van der Waals surface area contributed by atoms with Crippen LogP contribution in [0.15, 0.2) is 33.9 Å². The van der Waals surface area contributed by atoms with Crippen molar-refractivity contribution in [1.82, 2.24) is 9.55 Å². The van der Waals surface area contributed by atoms with E-state index in [1.807, 2.05) is 0 Å². The second-order valence-electron chi connectivity index (χ2n) is 5.54. The number of aromatic amines is 1. The first kappa shape index (κ1) is 14.4. The molecule has 0 bridgehead atoms. The van der Waals surface area contributed by atoms with Gasteiger partial charge in [-0.15, -0.1) is 0 Å². The molecular formula is C15H14Cl2N2O2. The molecule has 1 aliphatic rings. The van der Waals surface area contributed by atoms with E-state index in [0.29, 0.717) is 22.1 Å². The van der Waals surface area contributed by atoms with Gasteiger partial charge in [-0.1, -0.05) is 42.3 Å². The minimum atomic E-state index is -0.451. The number of benzene rings is 1.